The van der Waals surface area contributed by atoms with Crippen LogP contribution in [0.1, 0.15) is 75.2 Å². The molecule has 3 aliphatic rings. The molecule has 1 N–H and O–H groups in total. The van der Waals surface area contributed by atoms with Crippen LogP contribution in [0.5, 0.6) is 0 Å². The number of aromatic nitrogens is 5. The number of rotatable bonds is 7. The van der Waals surface area contributed by atoms with Gasteiger partial charge < -0.3 is 9.88 Å². The lowest BCUT2D eigenvalue weighted by Gasteiger charge is -2.14. The van der Waals surface area contributed by atoms with Gasteiger partial charge in [-0.15, -0.1) is 10.2 Å². The number of anilines is 1. The SMILES string of the molecule is O=C(CSc1nnc(C2CC2)n1C1CC1)Nc1ccnn1C1CCCC1. The van der Waals surface area contributed by atoms with Crippen LogP contribution < -0.4 is 5.32 Å². The van der Waals surface area contributed by atoms with Crippen LogP contribution in [-0.4, -0.2) is 36.2 Å². The smallest absolute Gasteiger partial charge is 0.235 e. The zero-order chi connectivity index (χ0) is 17.5. The molecule has 0 unspecified atom stereocenters. The molecule has 5 rings (SSSR count). The van der Waals surface area contributed by atoms with E-state index in [1.54, 1.807) is 6.20 Å². The predicted octanol–water partition coefficient (Wildman–Crippen LogP) is 3.53. The Balaban J connectivity index is 1.23. The quantitative estimate of drug-likeness (QED) is 0.752. The molecule has 0 saturated heterocycles. The Hall–Kier alpha value is -1.83. The van der Waals surface area contributed by atoms with Crippen molar-refractivity contribution in [3.8, 4) is 0 Å². The second-order valence-electron chi connectivity index (χ2n) is 7.65. The molecule has 8 heteroatoms. The largest absolute Gasteiger partial charge is 0.310 e. The van der Waals surface area contributed by atoms with E-state index in [2.05, 4.69) is 25.2 Å². The van der Waals surface area contributed by atoms with Crippen molar-refractivity contribution in [2.24, 2.45) is 0 Å². The second kappa shape index (κ2) is 6.72. The van der Waals surface area contributed by atoms with Gasteiger partial charge in [0.2, 0.25) is 5.91 Å². The molecule has 0 spiro atoms. The molecule has 7 nitrogen and oxygen atoms in total. The zero-order valence-electron chi connectivity index (χ0n) is 14.8. The fourth-order valence-electron chi connectivity index (χ4n) is 3.84. The van der Waals surface area contributed by atoms with Crippen LogP contribution in [0.4, 0.5) is 5.82 Å². The van der Waals surface area contributed by atoms with Crippen LogP contribution in [0.15, 0.2) is 17.4 Å². The van der Waals surface area contributed by atoms with Gasteiger partial charge in [0.15, 0.2) is 5.16 Å². The van der Waals surface area contributed by atoms with Crippen molar-refractivity contribution in [2.75, 3.05) is 11.1 Å². The van der Waals surface area contributed by atoms with Gasteiger partial charge in [0, 0.05) is 18.0 Å². The molecule has 138 valence electrons. The maximum absolute atomic E-state index is 12.5. The third-order valence-electron chi connectivity index (χ3n) is 5.49. The molecule has 0 aromatic carbocycles. The average Bonchev–Trinajstić information content (AvgIpc) is 3.51. The summed E-state index contributed by atoms with van der Waals surface area (Å²) >= 11 is 1.50. The summed E-state index contributed by atoms with van der Waals surface area (Å²) in [5.41, 5.74) is 0. The van der Waals surface area contributed by atoms with Crippen molar-refractivity contribution >= 4 is 23.5 Å². The predicted molar refractivity (Wildman–Crippen MR) is 99.4 cm³/mol. The van der Waals surface area contributed by atoms with Gasteiger partial charge in [0.05, 0.1) is 18.0 Å². The number of nitrogens with zero attached hydrogens (tertiary/aromatic N) is 5. The van der Waals surface area contributed by atoms with E-state index in [9.17, 15) is 4.79 Å². The molecule has 0 aliphatic heterocycles. The molecule has 0 radical (unpaired) electrons. The number of carbonyl (C=O) groups excluding carboxylic acids is 1. The van der Waals surface area contributed by atoms with Crippen molar-refractivity contribution in [1.29, 1.82) is 0 Å². The first-order valence-electron chi connectivity index (χ1n) is 9.70. The van der Waals surface area contributed by atoms with Gasteiger partial charge in [0.25, 0.3) is 0 Å². The number of nitrogens with one attached hydrogen (secondary N) is 1. The Morgan fingerprint density at radius 3 is 2.65 bits per heavy atom. The van der Waals surface area contributed by atoms with Crippen molar-refractivity contribution in [2.45, 2.75) is 74.5 Å². The van der Waals surface area contributed by atoms with E-state index < -0.39 is 0 Å². The lowest BCUT2D eigenvalue weighted by atomic mass is 10.2. The van der Waals surface area contributed by atoms with Gasteiger partial charge in [-0.3, -0.25) is 4.79 Å². The van der Waals surface area contributed by atoms with E-state index in [-0.39, 0.29) is 5.91 Å². The molecule has 0 atom stereocenters. The normalized spacial score (nSPS) is 20.6. The van der Waals surface area contributed by atoms with Crippen molar-refractivity contribution < 1.29 is 4.79 Å². The Labute approximate surface area is 156 Å². The van der Waals surface area contributed by atoms with Gasteiger partial charge in [-0.1, -0.05) is 24.6 Å². The van der Waals surface area contributed by atoms with Crippen LogP contribution in [0.2, 0.25) is 0 Å². The topological polar surface area (TPSA) is 77.6 Å². The number of amides is 1. The summed E-state index contributed by atoms with van der Waals surface area (Å²) in [6, 6.07) is 2.86. The molecule has 3 saturated carbocycles. The average molecular weight is 372 g/mol. The Kier molecular flexibility index (Phi) is 4.23. The minimum Gasteiger partial charge on any atom is -0.310 e. The maximum atomic E-state index is 12.5. The number of carbonyl (C=O) groups is 1. The monoisotopic (exact) mass is 372 g/mol. The first-order chi connectivity index (χ1) is 12.8. The molecule has 1 amide bonds. The molecule has 2 heterocycles. The fraction of sp³-hybridized carbons (Fsp3) is 0.667. The summed E-state index contributed by atoms with van der Waals surface area (Å²) in [6.45, 7) is 0. The van der Waals surface area contributed by atoms with Crippen molar-refractivity contribution in [1.82, 2.24) is 24.5 Å². The third kappa shape index (κ3) is 3.26. The van der Waals surface area contributed by atoms with Gasteiger partial charge in [-0.05, 0) is 38.5 Å². The fourth-order valence-corrected chi connectivity index (χ4v) is 4.66. The van der Waals surface area contributed by atoms with Crippen LogP contribution in [0.25, 0.3) is 0 Å². The summed E-state index contributed by atoms with van der Waals surface area (Å²) in [5.74, 6) is 2.88. The van der Waals surface area contributed by atoms with Crippen molar-refractivity contribution in [3.05, 3.63) is 18.1 Å². The lowest BCUT2D eigenvalue weighted by molar-refractivity contribution is -0.113. The number of thioether (sulfide) groups is 1. The number of hydrogen-bond donors (Lipinski definition) is 1. The maximum Gasteiger partial charge on any atom is 0.235 e. The van der Waals surface area contributed by atoms with E-state index >= 15 is 0 Å². The van der Waals surface area contributed by atoms with E-state index in [1.165, 1.54) is 50.3 Å². The summed E-state index contributed by atoms with van der Waals surface area (Å²) in [4.78, 5) is 12.5. The van der Waals surface area contributed by atoms with Gasteiger partial charge in [-0.25, -0.2) is 4.68 Å². The van der Waals surface area contributed by atoms with Gasteiger partial charge >= 0.3 is 0 Å². The summed E-state index contributed by atoms with van der Waals surface area (Å²) in [6.07, 6.45) is 11.4. The Morgan fingerprint density at radius 2 is 1.92 bits per heavy atom. The molecule has 2 aromatic heterocycles. The van der Waals surface area contributed by atoms with Crippen LogP contribution >= 0.6 is 11.8 Å². The Morgan fingerprint density at radius 1 is 1.12 bits per heavy atom. The van der Waals surface area contributed by atoms with E-state index in [0.29, 0.717) is 23.8 Å². The minimum absolute atomic E-state index is 0.00642. The Bertz CT molecular complexity index is 800. The van der Waals surface area contributed by atoms with Gasteiger partial charge in [-0.2, -0.15) is 5.10 Å². The van der Waals surface area contributed by atoms with Crippen LogP contribution in [0.3, 0.4) is 0 Å². The molecule has 26 heavy (non-hydrogen) atoms. The highest BCUT2D eigenvalue weighted by atomic mass is 32.2. The molecule has 2 aromatic rings. The molecule has 3 aliphatic carbocycles. The zero-order valence-corrected chi connectivity index (χ0v) is 15.6. The van der Waals surface area contributed by atoms with E-state index in [0.717, 1.165) is 29.6 Å². The minimum atomic E-state index is -0.00642. The van der Waals surface area contributed by atoms with E-state index in [1.807, 2.05) is 10.7 Å². The highest BCUT2D eigenvalue weighted by molar-refractivity contribution is 7.99. The molecule has 3 fully saturated rings. The van der Waals surface area contributed by atoms with Crippen molar-refractivity contribution in [3.63, 3.8) is 0 Å². The summed E-state index contributed by atoms with van der Waals surface area (Å²) < 4.78 is 4.27. The van der Waals surface area contributed by atoms with Crippen LogP contribution in [0, 0.1) is 0 Å². The first-order valence-corrected chi connectivity index (χ1v) is 10.7. The summed E-state index contributed by atoms with van der Waals surface area (Å²) in [7, 11) is 0. The highest BCUT2D eigenvalue weighted by Gasteiger charge is 2.36. The third-order valence-corrected chi connectivity index (χ3v) is 6.43. The second-order valence-corrected chi connectivity index (χ2v) is 8.59. The van der Waals surface area contributed by atoms with E-state index in [4.69, 9.17) is 0 Å². The van der Waals surface area contributed by atoms with Crippen LogP contribution in [-0.2, 0) is 4.79 Å². The highest BCUT2D eigenvalue weighted by Crippen LogP contribution is 2.46. The first kappa shape index (κ1) is 16.4. The summed E-state index contributed by atoms with van der Waals surface area (Å²) in [5, 5.41) is 17.1. The standard InChI is InChI=1S/C18H24N6OS/c25-16(20-15-9-10-19-24(15)14-3-1-2-4-14)11-26-18-22-21-17(12-5-6-12)23(18)13-7-8-13/h9-10,12-14H,1-8,11H2,(H,20,25). The lowest BCUT2D eigenvalue weighted by Crippen LogP contribution is -2.19. The number of hydrogen-bond acceptors (Lipinski definition) is 5. The van der Waals surface area contributed by atoms with Gasteiger partial charge in [0.1, 0.15) is 11.6 Å². The molecule has 0 bridgehead atoms. The molecular formula is C18H24N6OS. The molecular weight excluding hydrogens is 348 g/mol.